The van der Waals surface area contributed by atoms with Crippen LogP contribution >= 0.6 is 11.6 Å². The molecule has 0 atom stereocenters. The summed E-state index contributed by atoms with van der Waals surface area (Å²) >= 11 is 5.56. The number of nitrogens with one attached hydrogen (secondary N) is 2. The van der Waals surface area contributed by atoms with Gasteiger partial charge in [0.1, 0.15) is 18.0 Å². The molecule has 2 saturated carbocycles. The minimum atomic E-state index is 0. The summed E-state index contributed by atoms with van der Waals surface area (Å²) in [5, 5.41) is 23.9. The lowest BCUT2D eigenvalue weighted by Crippen LogP contribution is -2.15. The van der Waals surface area contributed by atoms with E-state index in [9.17, 15) is 4.79 Å². The molecule has 36 heavy (non-hydrogen) atoms. The Balaban J connectivity index is 0.000000260. The maximum atomic E-state index is 11.8. The highest BCUT2D eigenvalue weighted by atomic mass is 35.5. The van der Waals surface area contributed by atoms with Crippen LogP contribution in [0.25, 0.3) is 5.65 Å². The largest absolute Gasteiger partial charge is 0.363 e. The van der Waals surface area contributed by atoms with E-state index in [1.54, 1.807) is 35.0 Å². The van der Waals surface area contributed by atoms with E-state index in [0.717, 1.165) is 24.2 Å². The fourth-order valence-corrected chi connectivity index (χ4v) is 3.43. The Labute approximate surface area is 214 Å². The van der Waals surface area contributed by atoms with Crippen molar-refractivity contribution < 1.29 is 4.79 Å². The van der Waals surface area contributed by atoms with E-state index in [4.69, 9.17) is 16.9 Å². The Hall–Kier alpha value is -4.04. The third kappa shape index (κ3) is 6.55. The first kappa shape index (κ1) is 25.1. The number of aromatic nitrogens is 6. The maximum absolute atomic E-state index is 11.8. The summed E-state index contributed by atoms with van der Waals surface area (Å²) in [6.45, 7) is 0.412. The van der Waals surface area contributed by atoms with E-state index in [-0.39, 0.29) is 20.2 Å². The van der Waals surface area contributed by atoms with Crippen molar-refractivity contribution in [3.63, 3.8) is 0 Å². The molecule has 180 valence electrons. The number of hydrogen-bond donors (Lipinski definition) is 2. The minimum Gasteiger partial charge on any atom is -0.363 e. The molecule has 4 aromatic rings. The van der Waals surface area contributed by atoms with Gasteiger partial charge < -0.3 is 10.6 Å². The van der Waals surface area contributed by atoms with Crippen LogP contribution < -0.4 is 10.6 Å². The van der Waals surface area contributed by atoms with Crippen LogP contribution in [0.1, 0.15) is 48.7 Å². The number of carbonyl (C=O) groups is 1. The molecule has 0 saturated heterocycles. The van der Waals surface area contributed by atoms with Gasteiger partial charge in [-0.1, -0.05) is 11.6 Å². The summed E-state index contributed by atoms with van der Waals surface area (Å²) in [7, 11) is 0. The third-order valence-corrected chi connectivity index (χ3v) is 5.79. The molecule has 2 radical (unpaired) electrons. The van der Waals surface area contributed by atoms with Gasteiger partial charge in [-0.3, -0.25) is 4.79 Å². The van der Waals surface area contributed by atoms with Gasteiger partial charge in [0.05, 0.1) is 23.9 Å². The van der Waals surface area contributed by atoms with Crippen molar-refractivity contribution in [2.24, 2.45) is 5.92 Å². The Morgan fingerprint density at radius 3 is 2.50 bits per heavy atom. The third-order valence-electron chi connectivity index (χ3n) is 5.54. The highest BCUT2D eigenvalue weighted by Gasteiger charge is 2.29. The zero-order chi connectivity index (χ0) is 24.2. The average Bonchev–Trinajstić information content (AvgIpc) is 3.80. The molecule has 2 N–H and O–H groups in total. The summed E-state index contributed by atoms with van der Waals surface area (Å²) < 4.78 is 1.59. The fraction of sp³-hybridized carbons (Fsp3) is 0.292. The second kappa shape index (κ2) is 11.1. The van der Waals surface area contributed by atoms with Gasteiger partial charge in [0.15, 0.2) is 11.5 Å². The summed E-state index contributed by atoms with van der Waals surface area (Å²) in [6, 6.07) is 14.4. The Bertz CT molecular complexity index is 1390. The lowest BCUT2D eigenvalue weighted by molar-refractivity contribution is -0.117. The van der Waals surface area contributed by atoms with Crippen LogP contribution in [0, 0.1) is 17.2 Å². The molecule has 6 rings (SSSR count). The molecule has 0 unspecified atom stereocenters. The van der Waals surface area contributed by atoms with E-state index in [1.165, 1.54) is 19.2 Å². The second-order valence-corrected chi connectivity index (χ2v) is 8.87. The normalized spacial score (nSPS) is 14.1. The van der Waals surface area contributed by atoms with Gasteiger partial charge in [0, 0.05) is 31.3 Å². The van der Waals surface area contributed by atoms with Crippen LogP contribution in [-0.2, 0) is 11.3 Å². The molecule has 1 amide bonds. The van der Waals surface area contributed by atoms with Crippen LogP contribution in [0.3, 0.4) is 0 Å². The van der Waals surface area contributed by atoms with Crippen molar-refractivity contribution in [3.05, 3.63) is 70.9 Å². The van der Waals surface area contributed by atoms with E-state index in [1.807, 2.05) is 18.2 Å². The first-order valence-electron chi connectivity index (χ1n) is 11.3. The Morgan fingerprint density at radius 2 is 1.81 bits per heavy atom. The number of fused-ring (bicyclic) bond motifs is 1. The lowest BCUT2D eigenvalue weighted by Gasteiger charge is -2.06. The first-order chi connectivity index (χ1) is 17.1. The first-order valence-corrected chi connectivity index (χ1v) is 11.7. The van der Waals surface area contributed by atoms with Crippen molar-refractivity contribution >= 4 is 43.2 Å². The predicted molar refractivity (Wildman–Crippen MR) is 137 cm³/mol. The van der Waals surface area contributed by atoms with Crippen LogP contribution in [-0.4, -0.2) is 44.1 Å². The number of anilines is 2. The van der Waals surface area contributed by atoms with Gasteiger partial charge in [0.25, 0.3) is 0 Å². The van der Waals surface area contributed by atoms with Crippen molar-refractivity contribution in [3.8, 4) is 6.07 Å². The van der Waals surface area contributed by atoms with Crippen LogP contribution in [0.5, 0.6) is 0 Å². The molecule has 10 nitrogen and oxygen atoms in total. The number of amides is 1. The highest BCUT2D eigenvalue weighted by Crippen LogP contribution is 2.38. The Morgan fingerprint density at radius 1 is 1.06 bits per heavy atom. The zero-order valence-corrected chi connectivity index (χ0v) is 20.2. The number of rotatable bonds is 6. The van der Waals surface area contributed by atoms with Gasteiger partial charge in [0.2, 0.25) is 5.91 Å². The predicted octanol–water partition coefficient (Wildman–Crippen LogP) is 3.32. The molecule has 0 spiro atoms. The molecule has 0 aliphatic heterocycles. The van der Waals surface area contributed by atoms with Gasteiger partial charge in [-0.15, -0.1) is 9.73 Å². The number of hydrogen-bond acceptors (Lipinski definition) is 8. The van der Waals surface area contributed by atoms with Gasteiger partial charge in [-0.05, 0) is 62.1 Å². The number of nitrogens with zero attached hydrogens (tertiary/aromatic N) is 7. The monoisotopic (exact) mass is 499 g/mol. The number of carbonyl (C=O) groups excluding carboxylic acids is 1. The van der Waals surface area contributed by atoms with Crippen LogP contribution in [0.4, 0.5) is 11.6 Å². The summed E-state index contributed by atoms with van der Waals surface area (Å²) in [4.78, 5) is 24.5. The second-order valence-electron chi connectivity index (χ2n) is 8.43. The van der Waals surface area contributed by atoms with E-state index in [2.05, 4.69) is 35.8 Å². The van der Waals surface area contributed by atoms with E-state index < -0.39 is 0 Å². The van der Waals surface area contributed by atoms with Crippen LogP contribution in [0.15, 0.2) is 48.8 Å². The fourth-order valence-electron chi connectivity index (χ4n) is 3.30. The molecule has 2 fully saturated rings. The van der Waals surface area contributed by atoms with Crippen LogP contribution in [0.2, 0.25) is 5.02 Å². The molecule has 2 aliphatic carbocycles. The summed E-state index contributed by atoms with van der Waals surface area (Å²) in [5.41, 5.74) is 2.44. The number of nitriles is 1. The van der Waals surface area contributed by atoms with Crippen molar-refractivity contribution in [1.82, 2.24) is 29.8 Å². The van der Waals surface area contributed by atoms with E-state index in [0.29, 0.717) is 40.5 Å². The molecule has 0 bridgehead atoms. The van der Waals surface area contributed by atoms with Crippen molar-refractivity contribution in [1.29, 1.82) is 5.26 Å². The SMILES string of the molecule is N#Cc1ccc(Cl)cc1.O=C(Nc1cc(NCc2nc3ccc(C4CC4)nn3n2)ncn1)C1CC1.[BH]. The number of halogens is 1. The van der Waals surface area contributed by atoms with Crippen molar-refractivity contribution in [2.45, 2.75) is 38.1 Å². The number of benzene rings is 1. The van der Waals surface area contributed by atoms with Gasteiger partial charge >= 0.3 is 0 Å². The zero-order valence-electron chi connectivity index (χ0n) is 19.4. The van der Waals surface area contributed by atoms with E-state index >= 15 is 0 Å². The average molecular weight is 500 g/mol. The molecule has 1 aromatic carbocycles. The van der Waals surface area contributed by atoms with Crippen molar-refractivity contribution in [2.75, 3.05) is 10.6 Å². The smallest absolute Gasteiger partial charge is 0.228 e. The molecule has 2 aliphatic rings. The molecule has 12 heteroatoms. The molecular formula is C24H23BClN9O. The quantitative estimate of drug-likeness (QED) is 0.386. The molecule has 3 heterocycles. The topological polar surface area (TPSA) is 134 Å². The minimum absolute atomic E-state index is 0. The Kier molecular flexibility index (Phi) is 7.76. The highest BCUT2D eigenvalue weighted by molar-refractivity contribution is 6.30. The molecular weight excluding hydrogens is 477 g/mol. The molecule has 3 aromatic heterocycles. The summed E-state index contributed by atoms with van der Waals surface area (Å²) in [5.74, 6) is 2.48. The maximum Gasteiger partial charge on any atom is 0.228 e. The standard InChI is InChI=1S/C17H18N8O.C7H4ClN.BH/c26-17(11-3-4-11)22-14-7-13(19-9-20-14)18-8-15-21-16-6-5-12(10-1-2-10)23-25(16)24-15;8-7-3-1-6(5-9)2-4-7;/h5-7,9-11H,1-4,8H2,(H2,18,19,20,22,26);1-4H;1H. The lowest BCUT2D eigenvalue weighted by atomic mass is 10.2. The van der Waals surface area contributed by atoms with Gasteiger partial charge in [-0.25, -0.2) is 15.0 Å². The summed E-state index contributed by atoms with van der Waals surface area (Å²) in [6.07, 6.45) is 5.74. The van der Waals surface area contributed by atoms with Gasteiger partial charge in [-0.2, -0.15) is 10.4 Å².